The Morgan fingerprint density at radius 1 is 0.974 bits per heavy atom. The first-order valence-corrected chi connectivity index (χ1v) is 14.1. The lowest BCUT2D eigenvalue weighted by atomic mass is 9.98. The van der Waals surface area contributed by atoms with Gasteiger partial charge in [-0.15, -0.1) is 0 Å². The third-order valence-electron chi connectivity index (χ3n) is 6.62. The first kappa shape index (κ1) is 28.4. The highest BCUT2D eigenvalue weighted by atomic mass is 127. The fraction of sp³-hybridized carbons (Fsp3) is 0.276. The molecule has 1 aliphatic rings. The molecule has 0 saturated carbocycles. The Labute approximate surface area is 245 Å². The molecule has 1 aliphatic heterocycles. The molecule has 6 nitrogen and oxygen atoms in total. The van der Waals surface area contributed by atoms with Gasteiger partial charge in [-0.25, -0.2) is 0 Å². The Kier molecular flexibility index (Phi) is 9.33. The van der Waals surface area contributed by atoms with E-state index in [4.69, 9.17) is 28.3 Å². The lowest BCUT2D eigenvalue weighted by molar-refractivity contribution is -0.137. The predicted molar refractivity (Wildman–Crippen MR) is 158 cm³/mol. The number of unbranched alkanes of at least 4 members (excludes halogenated alkanes) is 1. The van der Waals surface area contributed by atoms with E-state index in [1.165, 1.54) is 0 Å². The number of carbonyl (C=O) groups is 3. The van der Waals surface area contributed by atoms with E-state index in [0.717, 1.165) is 9.13 Å². The molecule has 0 saturated heterocycles. The standard InChI is InChI=1S/C29H27Cl2IN2O4/c1-18(16-19-5-9-21(30)10-6-19)34-27(20-7-11-22(31)12-8-20)29(38)33(15-3-2-4-26(35)36)25-14-13-23(32)17-24(25)28(34)37/h5-14,17-18,27H,2-4,15-16H2,1H3,(H,35,36). The summed E-state index contributed by atoms with van der Waals surface area (Å²) in [5.41, 5.74) is 2.64. The monoisotopic (exact) mass is 664 g/mol. The van der Waals surface area contributed by atoms with Gasteiger partial charge in [-0.05, 0) is 102 Å². The zero-order valence-electron chi connectivity index (χ0n) is 20.7. The molecule has 0 spiro atoms. The van der Waals surface area contributed by atoms with Crippen molar-refractivity contribution in [2.24, 2.45) is 0 Å². The number of rotatable bonds is 9. The molecule has 0 aliphatic carbocycles. The van der Waals surface area contributed by atoms with Gasteiger partial charge in [0.1, 0.15) is 6.04 Å². The summed E-state index contributed by atoms with van der Waals surface area (Å²) in [6.07, 6.45) is 1.46. The van der Waals surface area contributed by atoms with Crippen LogP contribution in [-0.2, 0) is 16.0 Å². The van der Waals surface area contributed by atoms with Crippen molar-refractivity contribution in [2.45, 2.75) is 44.7 Å². The van der Waals surface area contributed by atoms with Gasteiger partial charge in [0.25, 0.3) is 11.8 Å². The summed E-state index contributed by atoms with van der Waals surface area (Å²) < 4.78 is 0.878. The van der Waals surface area contributed by atoms with Gasteiger partial charge in [-0.2, -0.15) is 0 Å². The Bertz CT molecular complexity index is 1330. The van der Waals surface area contributed by atoms with Gasteiger partial charge in [0.2, 0.25) is 0 Å². The first-order chi connectivity index (χ1) is 18.2. The minimum Gasteiger partial charge on any atom is -0.481 e. The summed E-state index contributed by atoms with van der Waals surface area (Å²) in [4.78, 5) is 42.9. The van der Waals surface area contributed by atoms with Crippen LogP contribution in [0.4, 0.5) is 5.69 Å². The third kappa shape index (κ3) is 6.50. The average molecular weight is 665 g/mol. The Morgan fingerprint density at radius 2 is 1.61 bits per heavy atom. The SMILES string of the molecule is CC(Cc1ccc(Cl)cc1)N1C(=O)c2cc(I)ccc2N(CCCCC(=O)O)C(=O)C1c1ccc(Cl)cc1. The average Bonchev–Trinajstić information content (AvgIpc) is 2.96. The molecule has 0 aromatic heterocycles. The molecule has 3 aromatic carbocycles. The van der Waals surface area contributed by atoms with Crippen molar-refractivity contribution in [1.82, 2.24) is 4.90 Å². The first-order valence-electron chi connectivity index (χ1n) is 12.3. The summed E-state index contributed by atoms with van der Waals surface area (Å²) in [6.45, 7) is 2.25. The van der Waals surface area contributed by atoms with Crippen molar-refractivity contribution in [2.75, 3.05) is 11.4 Å². The Balaban J connectivity index is 1.80. The number of amides is 2. The van der Waals surface area contributed by atoms with Crippen molar-refractivity contribution in [1.29, 1.82) is 0 Å². The highest BCUT2D eigenvalue weighted by Gasteiger charge is 2.42. The maximum atomic E-state index is 14.3. The molecule has 2 amide bonds. The van der Waals surface area contributed by atoms with Gasteiger partial charge in [-0.3, -0.25) is 14.4 Å². The molecule has 4 rings (SSSR count). The molecule has 2 atom stereocenters. The van der Waals surface area contributed by atoms with Crippen LogP contribution in [0.5, 0.6) is 0 Å². The molecule has 3 aromatic rings. The summed E-state index contributed by atoms with van der Waals surface area (Å²) >= 11 is 14.4. The van der Waals surface area contributed by atoms with E-state index in [1.807, 2.05) is 43.3 Å². The minimum absolute atomic E-state index is 0.0192. The number of hydrogen-bond acceptors (Lipinski definition) is 3. The van der Waals surface area contributed by atoms with Crippen LogP contribution in [0, 0.1) is 3.57 Å². The fourth-order valence-corrected chi connectivity index (χ4v) is 5.54. The summed E-state index contributed by atoms with van der Waals surface area (Å²) in [5.74, 6) is -1.35. The van der Waals surface area contributed by atoms with Crippen LogP contribution in [0.15, 0.2) is 66.7 Å². The molecular weight excluding hydrogens is 638 g/mol. The molecule has 0 bridgehead atoms. The second-order valence-corrected chi connectivity index (χ2v) is 11.5. The predicted octanol–water partition coefficient (Wildman–Crippen LogP) is 7.01. The molecule has 198 valence electrons. The Morgan fingerprint density at radius 3 is 2.24 bits per heavy atom. The molecule has 9 heteroatoms. The van der Waals surface area contributed by atoms with Crippen LogP contribution >= 0.6 is 45.8 Å². The van der Waals surface area contributed by atoms with Crippen molar-refractivity contribution < 1.29 is 19.5 Å². The van der Waals surface area contributed by atoms with Gasteiger partial charge in [-0.1, -0.05) is 47.5 Å². The number of carboxylic acids is 1. The molecule has 0 radical (unpaired) electrons. The summed E-state index contributed by atoms with van der Waals surface area (Å²) in [5, 5.41) is 10.2. The van der Waals surface area contributed by atoms with Crippen molar-refractivity contribution in [3.05, 3.63) is 97.0 Å². The molecule has 1 N–H and O–H groups in total. The lowest BCUT2D eigenvalue weighted by Gasteiger charge is -2.36. The van der Waals surface area contributed by atoms with Crippen LogP contribution in [0.3, 0.4) is 0 Å². The van der Waals surface area contributed by atoms with Crippen molar-refractivity contribution in [3.63, 3.8) is 0 Å². The number of carbonyl (C=O) groups excluding carboxylic acids is 2. The van der Waals surface area contributed by atoms with E-state index < -0.39 is 12.0 Å². The quantitative estimate of drug-likeness (QED) is 0.197. The normalized spacial score (nSPS) is 16.3. The number of carboxylic acid groups (broad SMARTS) is 1. The highest BCUT2D eigenvalue weighted by Crippen LogP contribution is 2.37. The Hall–Kier alpha value is -2.62. The van der Waals surface area contributed by atoms with Gasteiger partial charge in [0, 0.05) is 32.6 Å². The number of fused-ring (bicyclic) bond motifs is 1. The van der Waals surface area contributed by atoms with E-state index in [9.17, 15) is 14.4 Å². The maximum absolute atomic E-state index is 14.3. The maximum Gasteiger partial charge on any atom is 0.303 e. The molecule has 2 unspecified atom stereocenters. The van der Waals surface area contributed by atoms with Crippen LogP contribution in [0.25, 0.3) is 0 Å². The van der Waals surface area contributed by atoms with Crippen LogP contribution in [0.2, 0.25) is 10.0 Å². The molecular formula is C29H27Cl2IN2O4. The van der Waals surface area contributed by atoms with E-state index in [-0.39, 0.29) is 24.3 Å². The van der Waals surface area contributed by atoms with E-state index in [0.29, 0.717) is 52.7 Å². The van der Waals surface area contributed by atoms with E-state index in [2.05, 4.69) is 22.6 Å². The summed E-state index contributed by atoms with van der Waals surface area (Å²) in [7, 11) is 0. The minimum atomic E-state index is -0.883. The van der Waals surface area contributed by atoms with Gasteiger partial charge >= 0.3 is 5.97 Å². The van der Waals surface area contributed by atoms with Gasteiger partial charge in [0.15, 0.2) is 0 Å². The van der Waals surface area contributed by atoms with E-state index in [1.54, 1.807) is 40.1 Å². The number of hydrogen-bond donors (Lipinski definition) is 1. The lowest BCUT2D eigenvalue weighted by Crippen LogP contribution is -2.47. The summed E-state index contributed by atoms with van der Waals surface area (Å²) in [6, 6.07) is 18.7. The van der Waals surface area contributed by atoms with Crippen molar-refractivity contribution >= 4 is 69.3 Å². The molecule has 1 heterocycles. The number of aliphatic carboxylic acids is 1. The third-order valence-corrected chi connectivity index (χ3v) is 7.79. The molecule has 0 fully saturated rings. The van der Waals surface area contributed by atoms with Crippen LogP contribution in [-0.4, -0.2) is 40.4 Å². The number of anilines is 1. The van der Waals surface area contributed by atoms with Gasteiger partial charge in [0.05, 0.1) is 11.3 Å². The van der Waals surface area contributed by atoms with Crippen LogP contribution < -0.4 is 4.90 Å². The molecule has 38 heavy (non-hydrogen) atoms. The number of nitrogens with zero attached hydrogens (tertiary/aromatic N) is 2. The van der Waals surface area contributed by atoms with E-state index >= 15 is 0 Å². The number of halogens is 3. The van der Waals surface area contributed by atoms with Crippen molar-refractivity contribution in [3.8, 4) is 0 Å². The largest absolute Gasteiger partial charge is 0.481 e. The van der Waals surface area contributed by atoms with Gasteiger partial charge < -0.3 is 14.9 Å². The smallest absolute Gasteiger partial charge is 0.303 e. The van der Waals surface area contributed by atoms with Crippen LogP contribution in [0.1, 0.15) is 53.7 Å². The second kappa shape index (κ2) is 12.5. The fourth-order valence-electron chi connectivity index (χ4n) is 4.80. The zero-order valence-corrected chi connectivity index (χ0v) is 24.4. The zero-order chi connectivity index (χ0) is 27.4. The number of benzene rings is 3. The second-order valence-electron chi connectivity index (χ2n) is 9.35. The topological polar surface area (TPSA) is 77.9 Å². The highest BCUT2D eigenvalue weighted by molar-refractivity contribution is 14.1.